The molecule has 4 rings (SSSR count). The van der Waals surface area contributed by atoms with Gasteiger partial charge in [-0.3, -0.25) is 4.79 Å². The summed E-state index contributed by atoms with van der Waals surface area (Å²) in [6, 6.07) is 12.6. The fraction of sp³-hybridized carbons (Fsp3) is 0.381. The van der Waals surface area contributed by atoms with Gasteiger partial charge in [0.15, 0.2) is 0 Å². The Bertz CT molecular complexity index is 964. The molecule has 1 heterocycles. The van der Waals surface area contributed by atoms with Crippen LogP contribution in [0.4, 0.5) is 0 Å². The Morgan fingerprint density at radius 3 is 2.46 bits per heavy atom. The molecule has 2 aromatic rings. The molecule has 2 aromatic carbocycles. The van der Waals surface area contributed by atoms with Gasteiger partial charge in [-0.2, -0.15) is 4.31 Å². The number of ether oxygens (including phenoxy) is 1. The second-order valence-corrected chi connectivity index (χ2v) is 9.12. The first-order valence-electron chi connectivity index (χ1n) is 9.61. The number of hydrogen-bond donors (Lipinski definition) is 1. The van der Waals surface area contributed by atoms with Gasteiger partial charge in [-0.05, 0) is 60.2 Å². The number of morpholine rings is 1. The standard InChI is InChI=1S/C21H24N2O4S/c24-21(19-7-6-17-2-1-3-18(17)14-19)22-15-16-4-8-20(9-5-16)28(25,26)23-10-12-27-13-11-23/h4-9,14H,1-3,10-13,15H2,(H,22,24). The lowest BCUT2D eigenvalue weighted by atomic mass is 10.1. The zero-order chi connectivity index (χ0) is 19.6. The summed E-state index contributed by atoms with van der Waals surface area (Å²) in [6.07, 6.45) is 3.28. The predicted octanol–water partition coefficient (Wildman–Crippen LogP) is 2.13. The van der Waals surface area contributed by atoms with Crippen molar-refractivity contribution in [3.8, 4) is 0 Å². The van der Waals surface area contributed by atoms with Crippen LogP contribution >= 0.6 is 0 Å². The van der Waals surface area contributed by atoms with Crippen LogP contribution < -0.4 is 5.32 Å². The van der Waals surface area contributed by atoms with Crippen LogP contribution in [0.2, 0.25) is 0 Å². The fourth-order valence-electron chi connectivity index (χ4n) is 3.71. The van der Waals surface area contributed by atoms with E-state index >= 15 is 0 Å². The van der Waals surface area contributed by atoms with Crippen LogP contribution in [0.1, 0.15) is 33.5 Å². The smallest absolute Gasteiger partial charge is 0.251 e. The number of amides is 1. The highest BCUT2D eigenvalue weighted by molar-refractivity contribution is 7.89. The Morgan fingerprint density at radius 1 is 1.00 bits per heavy atom. The Kier molecular flexibility index (Phi) is 5.48. The van der Waals surface area contributed by atoms with Gasteiger partial charge in [0.2, 0.25) is 10.0 Å². The molecule has 0 radical (unpaired) electrons. The van der Waals surface area contributed by atoms with Crippen molar-refractivity contribution in [3.05, 3.63) is 64.7 Å². The molecule has 1 aliphatic heterocycles. The summed E-state index contributed by atoms with van der Waals surface area (Å²) in [5.41, 5.74) is 4.14. The van der Waals surface area contributed by atoms with Crippen molar-refractivity contribution >= 4 is 15.9 Å². The first-order chi connectivity index (χ1) is 13.5. The monoisotopic (exact) mass is 400 g/mol. The SMILES string of the molecule is O=C(NCc1ccc(S(=O)(=O)N2CCOCC2)cc1)c1ccc2c(c1)CCC2. The molecule has 1 amide bonds. The largest absolute Gasteiger partial charge is 0.379 e. The first-order valence-corrected chi connectivity index (χ1v) is 11.0. The third-order valence-electron chi connectivity index (χ3n) is 5.34. The normalized spacial score (nSPS) is 17.3. The number of carbonyl (C=O) groups is 1. The van der Waals surface area contributed by atoms with Crippen LogP contribution in [-0.2, 0) is 34.1 Å². The number of fused-ring (bicyclic) bond motifs is 1. The third-order valence-corrected chi connectivity index (χ3v) is 7.26. The molecule has 28 heavy (non-hydrogen) atoms. The second kappa shape index (κ2) is 8.03. The highest BCUT2D eigenvalue weighted by Crippen LogP contribution is 2.23. The van der Waals surface area contributed by atoms with E-state index < -0.39 is 10.0 Å². The van der Waals surface area contributed by atoms with Gasteiger partial charge in [-0.15, -0.1) is 0 Å². The quantitative estimate of drug-likeness (QED) is 0.834. The topological polar surface area (TPSA) is 75.7 Å². The summed E-state index contributed by atoms with van der Waals surface area (Å²) in [7, 11) is -3.49. The molecule has 7 heteroatoms. The summed E-state index contributed by atoms with van der Waals surface area (Å²) >= 11 is 0. The van der Waals surface area contributed by atoms with Crippen LogP contribution in [0.3, 0.4) is 0 Å². The lowest BCUT2D eigenvalue weighted by Gasteiger charge is -2.26. The van der Waals surface area contributed by atoms with Crippen LogP contribution in [0.15, 0.2) is 47.4 Å². The number of aryl methyl sites for hydroxylation is 2. The highest BCUT2D eigenvalue weighted by Gasteiger charge is 2.26. The minimum Gasteiger partial charge on any atom is -0.379 e. The lowest BCUT2D eigenvalue weighted by molar-refractivity contribution is 0.0730. The highest BCUT2D eigenvalue weighted by atomic mass is 32.2. The number of sulfonamides is 1. The van der Waals surface area contributed by atoms with Gasteiger partial charge in [-0.25, -0.2) is 8.42 Å². The number of rotatable bonds is 5. The zero-order valence-electron chi connectivity index (χ0n) is 15.7. The van der Waals surface area contributed by atoms with Crippen molar-refractivity contribution in [1.29, 1.82) is 0 Å². The maximum atomic E-state index is 12.6. The van der Waals surface area contributed by atoms with Crippen LogP contribution in [-0.4, -0.2) is 44.9 Å². The summed E-state index contributed by atoms with van der Waals surface area (Å²) in [4.78, 5) is 12.7. The molecular weight excluding hydrogens is 376 g/mol. The maximum absolute atomic E-state index is 12.6. The lowest BCUT2D eigenvalue weighted by Crippen LogP contribution is -2.40. The van der Waals surface area contributed by atoms with Gasteiger partial charge in [-0.1, -0.05) is 18.2 Å². The van der Waals surface area contributed by atoms with Gasteiger partial charge < -0.3 is 10.1 Å². The molecule has 0 aromatic heterocycles. The van der Waals surface area contributed by atoms with Crippen molar-refractivity contribution in [3.63, 3.8) is 0 Å². The van der Waals surface area contributed by atoms with Gasteiger partial charge in [0.1, 0.15) is 0 Å². The van der Waals surface area contributed by atoms with Crippen molar-refractivity contribution in [1.82, 2.24) is 9.62 Å². The number of benzene rings is 2. The number of carbonyl (C=O) groups excluding carboxylic acids is 1. The molecule has 6 nitrogen and oxygen atoms in total. The van der Waals surface area contributed by atoms with Crippen LogP contribution in [0.5, 0.6) is 0 Å². The molecule has 2 aliphatic rings. The van der Waals surface area contributed by atoms with E-state index in [4.69, 9.17) is 4.74 Å². The Morgan fingerprint density at radius 2 is 1.71 bits per heavy atom. The van der Waals surface area contributed by atoms with Gasteiger partial charge in [0.05, 0.1) is 18.1 Å². The molecule has 0 bridgehead atoms. The number of nitrogens with zero attached hydrogens (tertiary/aromatic N) is 1. The molecule has 1 N–H and O–H groups in total. The Balaban J connectivity index is 1.38. The van der Waals surface area contributed by atoms with Crippen molar-refractivity contribution in [2.75, 3.05) is 26.3 Å². The minimum atomic E-state index is -3.49. The van der Waals surface area contributed by atoms with Gasteiger partial charge >= 0.3 is 0 Å². The molecule has 0 saturated carbocycles. The van der Waals surface area contributed by atoms with Crippen LogP contribution in [0, 0.1) is 0 Å². The summed E-state index contributed by atoms with van der Waals surface area (Å²) < 4.78 is 32.0. The van der Waals surface area contributed by atoms with E-state index in [1.807, 2.05) is 18.2 Å². The van der Waals surface area contributed by atoms with E-state index in [1.54, 1.807) is 24.3 Å². The van der Waals surface area contributed by atoms with E-state index in [1.165, 1.54) is 15.4 Å². The summed E-state index contributed by atoms with van der Waals surface area (Å²) in [5, 5.41) is 2.91. The van der Waals surface area contributed by atoms with E-state index in [0.29, 0.717) is 38.4 Å². The third kappa shape index (κ3) is 3.97. The zero-order valence-corrected chi connectivity index (χ0v) is 16.5. The van der Waals surface area contributed by atoms with E-state index in [9.17, 15) is 13.2 Å². The van der Waals surface area contributed by atoms with Gasteiger partial charge in [0.25, 0.3) is 5.91 Å². The second-order valence-electron chi connectivity index (χ2n) is 7.18. The van der Waals surface area contributed by atoms with Gasteiger partial charge in [0, 0.05) is 25.2 Å². The molecule has 0 spiro atoms. The average molecular weight is 401 g/mol. The van der Waals surface area contributed by atoms with E-state index in [-0.39, 0.29) is 10.8 Å². The molecule has 0 atom stereocenters. The predicted molar refractivity (Wildman–Crippen MR) is 106 cm³/mol. The summed E-state index contributed by atoms with van der Waals surface area (Å²) in [5.74, 6) is -0.111. The Hall–Kier alpha value is -2.22. The van der Waals surface area contributed by atoms with Crippen molar-refractivity contribution < 1.29 is 17.9 Å². The van der Waals surface area contributed by atoms with Crippen LogP contribution in [0.25, 0.3) is 0 Å². The molecule has 1 fully saturated rings. The van der Waals surface area contributed by atoms with E-state index in [2.05, 4.69) is 5.32 Å². The fourth-order valence-corrected chi connectivity index (χ4v) is 5.12. The molecule has 148 valence electrons. The molecule has 0 unspecified atom stereocenters. The van der Waals surface area contributed by atoms with Crippen molar-refractivity contribution in [2.24, 2.45) is 0 Å². The number of hydrogen-bond acceptors (Lipinski definition) is 4. The minimum absolute atomic E-state index is 0.111. The molecule has 1 aliphatic carbocycles. The molecular formula is C21H24N2O4S. The number of nitrogens with one attached hydrogen (secondary N) is 1. The molecule has 1 saturated heterocycles. The average Bonchev–Trinajstić information content (AvgIpc) is 3.21. The Labute approximate surface area is 165 Å². The summed E-state index contributed by atoms with van der Waals surface area (Å²) in [6.45, 7) is 1.95. The first kappa shape index (κ1) is 19.1. The maximum Gasteiger partial charge on any atom is 0.251 e. The van der Waals surface area contributed by atoms with E-state index in [0.717, 1.165) is 24.8 Å². The van der Waals surface area contributed by atoms with Crippen molar-refractivity contribution in [2.45, 2.75) is 30.7 Å².